The Kier molecular flexibility index (Phi) is 7.82. The number of benzene rings is 3. The second-order valence-corrected chi connectivity index (χ2v) is 9.86. The van der Waals surface area contributed by atoms with Gasteiger partial charge in [0, 0.05) is 36.5 Å². The molecule has 0 atom stereocenters. The number of ether oxygens (including phenoxy) is 1. The van der Waals surface area contributed by atoms with Gasteiger partial charge >= 0.3 is 0 Å². The lowest BCUT2D eigenvalue weighted by molar-refractivity contribution is 0.112. The largest absolute Gasteiger partial charge is 0.492 e. The molecule has 3 aromatic carbocycles. The molecular weight excluding hydrogens is 416 g/mol. The first-order valence-corrected chi connectivity index (χ1v) is 13.2. The number of hydrogen-bond donors (Lipinski definition) is 0. The van der Waals surface area contributed by atoms with Gasteiger partial charge in [-0.05, 0) is 67.6 Å². The van der Waals surface area contributed by atoms with E-state index in [-0.39, 0.29) is 0 Å². The molecule has 0 aromatic heterocycles. The fraction of sp³-hybridized carbons (Fsp3) is 0.419. The molecule has 0 saturated heterocycles. The van der Waals surface area contributed by atoms with E-state index >= 15 is 0 Å². The molecule has 5 rings (SSSR count). The van der Waals surface area contributed by atoms with Crippen LogP contribution in [0.2, 0.25) is 0 Å². The van der Waals surface area contributed by atoms with Crippen molar-refractivity contribution < 1.29 is 4.74 Å². The summed E-state index contributed by atoms with van der Waals surface area (Å²) in [6.07, 6.45) is 11.1. The topological polar surface area (TPSA) is 15.7 Å². The second kappa shape index (κ2) is 11.6. The summed E-state index contributed by atoms with van der Waals surface area (Å²) >= 11 is 0. The van der Waals surface area contributed by atoms with Crippen LogP contribution in [0.5, 0.6) is 5.75 Å². The predicted octanol–water partition coefficient (Wildman–Crippen LogP) is 7.59. The summed E-state index contributed by atoms with van der Waals surface area (Å²) in [4.78, 5) is 5.16. The monoisotopic (exact) mass is 454 g/mol. The quantitative estimate of drug-likeness (QED) is 0.314. The van der Waals surface area contributed by atoms with Crippen molar-refractivity contribution in [3.8, 4) is 5.75 Å². The minimum Gasteiger partial charge on any atom is -0.492 e. The standard InChI is InChI=1S/C31H38N2O/c1-3-11-29(12-4-1)33(30-13-5-2-6-14-30)25-26-19-21-31(22-20-26)34-24-23-32(27-15-7-8-16-27)28-17-9-10-18-28/h1-6,11-14,19-22,27-28H,7-10,15-18,23-25H2. The van der Waals surface area contributed by atoms with Crippen LogP contribution < -0.4 is 9.64 Å². The predicted molar refractivity (Wildman–Crippen MR) is 142 cm³/mol. The summed E-state index contributed by atoms with van der Waals surface area (Å²) < 4.78 is 6.23. The van der Waals surface area contributed by atoms with Gasteiger partial charge in [-0.1, -0.05) is 74.2 Å². The maximum atomic E-state index is 6.23. The lowest BCUT2D eigenvalue weighted by atomic mass is 10.1. The van der Waals surface area contributed by atoms with Crippen molar-refractivity contribution in [2.24, 2.45) is 0 Å². The van der Waals surface area contributed by atoms with Crippen LogP contribution in [0.25, 0.3) is 0 Å². The van der Waals surface area contributed by atoms with Crippen LogP contribution in [0.3, 0.4) is 0 Å². The van der Waals surface area contributed by atoms with Gasteiger partial charge in [0.05, 0.1) is 0 Å². The van der Waals surface area contributed by atoms with Crippen molar-refractivity contribution in [1.29, 1.82) is 0 Å². The molecule has 0 N–H and O–H groups in total. The van der Waals surface area contributed by atoms with Crippen LogP contribution in [0.1, 0.15) is 56.9 Å². The Morgan fingerprint density at radius 3 is 1.62 bits per heavy atom. The number of nitrogens with zero attached hydrogens (tertiary/aromatic N) is 2. The molecule has 3 nitrogen and oxygen atoms in total. The summed E-state index contributed by atoms with van der Waals surface area (Å²) in [5.74, 6) is 0.979. The average molecular weight is 455 g/mol. The van der Waals surface area contributed by atoms with Gasteiger partial charge in [-0.25, -0.2) is 0 Å². The van der Waals surface area contributed by atoms with E-state index in [1.165, 1.54) is 68.3 Å². The first kappa shape index (κ1) is 23.0. The maximum Gasteiger partial charge on any atom is 0.119 e. The van der Waals surface area contributed by atoms with Gasteiger partial charge in [-0.15, -0.1) is 0 Å². The van der Waals surface area contributed by atoms with Gasteiger partial charge < -0.3 is 9.64 Å². The average Bonchev–Trinajstić information content (AvgIpc) is 3.62. The van der Waals surface area contributed by atoms with E-state index in [0.717, 1.165) is 37.5 Å². The van der Waals surface area contributed by atoms with Crippen molar-refractivity contribution in [2.75, 3.05) is 18.1 Å². The molecule has 3 heteroatoms. The Morgan fingerprint density at radius 1 is 0.618 bits per heavy atom. The zero-order valence-electron chi connectivity index (χ0n) is 20.3. The first-order chi connectivity index (χ1) is 16.9. The number of rotatable bonds is 10. The van der Waals surface area contributed by atoms with E-state index < -0.39 is 0 Å². The normalized spacial score (nSPS) is 16.9. The number of anilines is 2. The second-order valence-electron chi connectivity index (χ2n) is 9.86. The molecule has 0 aliphatic heterocycles. The fourth-order valence-electron chi connectivity index (χ4n) is 5.83. The zero-order valence-corrected chi connectivity index (χ0v) is 20.3. The van der Waals surface area contributed by atoms with E-state index in [1.807, 2.05) is 0 Å². The highest BCUT2D eigenvalue weighted by molar-refractivity contribution is 5.63. The molecule has 34 heavy (non-hydrogen) atoms. The Morgan fingerprint density at radius 2 is 1.12 bits per heavy atom. The van der Waals surface area contributed by atoms with E-state index in [4.69, 9.17) is 4.74 Å². The molecule has 0 radical (unpaired) electrons. The van der Waals surface area contributed by atoms with E-state index in [2.05, 4.69) is 94.7 Å². The summed E-state index contributed by atoms with van der Waals surface area (Å²) in [5.41, 5.74) is 3.68. The van der Waals surface area contributed by atoms with Crippen LogP contribution in [-0.4, -0.2) is 30.1 Å². The minimum absolute atomic E-state index is 0.784. The van der Waals surface area contributed by atoms with E-state index in [0.29, 0.717) is 0 Å². The molecule has 3 aromatic rings. The molecule has 2 saturated carbocycles. The van der Waals surface area contributed by atoms with Crippen LogP contribution >= 0.6 is 0 Å². The highest BCUT2D eigenvalue weighted by Gasteiger charge is 2.30. The van der Waals surface area contributed by atoms with Crippen molar-refractivity contribution in [3.63, 3.8) is 0 Å². The maximum absolute atomic E-state index is 6.23. The molecule has 0 unspecified atom stereocenters. The van der Waals surface area contributed by atoms with Gasteiger partial charge in [0.2, 0.25) is 0 Å². The fourth-order valence-corrected chi connectivity index (χ4v) is 5.83. The van der Waals surface area contributed by atoms with Crippen molar-refractivity contribution in [1.82, 2.24) is 4.90 Å². The SMILES string of the molecule is c1ccc(N(Cc2ccc(OCCN(C3CCCC3)C3CCCC3)cc2)c2ccccc2)cc1. The summed E-state index contributed by atoms with van der Waals surface area (Å²) in [6, 6.07) is 31.5. The van der Waals surface area contributed by atoms with Crippen molar-refractivity contribution in [3.05, 3.63) is 90.5 Å². The third-order valence-corrected chi connectivity index (χ3v) is 7.61. The van der Waals surface area contributed by atoms with E-state index in [9.17, 15) is 0 Å². The Hall–Kier alpha value is -2.78. The van der Waals surface area contributed by atoms with Crippen LogP contribution in [0.4, 0.5) is 11.4 Å². The minimum atomic E-state index is 0.784. The smallest absolute Gasteiger partial charge is 0.119 e. The first-order valence-electron chi connectivity index (χ1n) is 13.2. The molecule has 0 spiro atoms. The van der Waals surface area contributed by atoms with Crippen LogP contribution in [-0.2, 0) is 6.54 Å². The van der Waals surface area contributed by atoms with Crippen LogP contribution in [0.15, 0.2) is 84.9 Å². The molecule has 2 aliphatic carbocycles. The summed E-state index contributed by atoms with van der Waals surface area (Å²) in [6.45, 7) is 2.67. The van der Waals surface area contributed by atoms with Crippen LogP contribution in [0, 0.1) is 0 Å². The highest BCUT2D eigenvalue weighted by atomic mass is 16.5. The van der Waals surface area contributed by atoms with Gasteiger partial charge in [0.25, 0.3) is 0 Å². The van der Waals surface area contributed by atoms with Gasteiger partial charge in [0.15, 0.2) is 0 Å². The number of para-hydroxylation sites is 2. The Bertz CT molecular complexity index is 921. The zero-order chi connectivity index (χ0) is 23.0. The summed E-state index contributed by atoms with van der Waals surface area (Å²) in [7, 11) is 0. The molecule has 0 bridgehead atoms. The van der Waals surface area contributed by atoms with Crippen molar-refractivity contribution >= 4 is 11.4 Å². The third-order valence-electron chi connectivity index (χ3n) is 7.61. The molecule has 0 heterocycles. The summed E-state index contributed by atoms with van der Waals surface area (Å²) in [5, 5.41) is 0. The third kappa shape index (κ3) is 5.82. The number of hydrogen-bond acceptors (Lipinski definition) is 3. The molecule has 0 amide bonds. The lowest BCUT2D eigenvalue weighted by Gasteiger charge is -2.34. The molecule has 178 valence electrons. The highest BCUT2D eigenvalue weighted by Crippen LogP contribution is 2.31. The van der Waals surface area contributed by atoms with Crippen molar-refractivity contribution in [2.45, 2.75) is 70.0 Å². The molecular formula is C31H38N2O. The molecule has 2 aliphatic rings. The Balaban J connectivity index is 1.20. The molecule has 2 fully saturated rings. The van der Waals surface area contributed by atoms with Gasteiger partial charge in [-0.2, -0.15) is 0 Å². The van der Waals surface area contributed by atoms with E-state index in [1.54, 1.807) is 0 Å². The van der Waals surface area contributed by atoms with Gasteiger partial charge in [0.1, 0.15) is 12.4 Å². The lowest BCUT2D eigenvalue weighted by Crippen LogP contribution is -2.43. The Labute approximate surface area is 205 Å². The van der Waals surface area contributed by atoms with Gasteiger partial charge in [-0.3, -0.25) is 4.90 Å².